The lowest BCUT2D eigenvalue weighted by molar-refractivity contribution is -0.121. The van der Waals surface area contributed by atoms with Crippen molar-refractivity contribution in [3.8, 4) is 0 Å². The van der Waals surface area contributed by atoms with Gasteiger partial charge >= 0.3 is 0 Å². The van der Waals surface area contributed by atoms with Gasteiger partial charge in [0.15, 0.2) is 0 Å². The highest BCUT2D eigenvalue weighted by Crippen LogP contribution is 2.23. The lowest BCUT2D eigenvalue weighted by Crippen LogP contribution is -2.46. The Labute approximate surface area is 177 Å². The van der Waals surface area contributed by atoms with Crippen LogP contribution in [-0.4, -0.2) is 67.4 Å². The molecule has 2 fully saturated rings. The molecule has 0 spiro atoms. The molecule has 1 unspecified atom stereocenters. The van der Waals surface area contributed by atoms with Crippen LogP contribution in [0.1, 0.15) is 30.1 Å². The number of benzene rings is 1. The first kappa shape index (κ1) is 20.5. The predicted molar refractivity (Wildman–Crippen MR) is 117 cm³/mol. The summed E-state index contributed by atoms with van der Waals surface area (Å²) < 4.78 is 5.01. The highest BCUT2D eigenvalue weighted by molar-refractivity contribution is 5.96. The average Bonchev–Trinajstić information content (AvgIpc) is 3.34. The SMILES string of the molecule is CCN1CCN(c2ccc(NC(=O)C3CCCN(C(=O)c4ccoc4)C3)cc2)CC1. The second-order valence-corrected chi connectivity index (χ2v) is 8.06. The predicted octanol–water partition coefficient (Wildman–Crippen LogP) is 2.91. The van der Waals surface area contributed by atoms with Crippen molar-refractivity contribution in [2.75, 3.05) is 56.0 Å². The summed E-state index contributed by atoms with van der Waals surface area (Å²) in [4.78, 5) is 31.9. The molecule has 160 valence electrons. The molecule has 2 saturated heterocycles. The fourth-order valence-corrected chi connectivity index (χ4v) is 4.27. The molecule has 2 aliphatic rings. The van der Waals surface area contributed by atoms with Crippen molar-refractivity contribution >= 4 is 23.2 Å². The molecule has 1 N–H and O–H groups in total. The number of rotatable bonds is 5. The highest BCUT2D eigenvalue weighted by atomic mass is 16.3. The van der Waals surface area contributed by atoms with Gasteiger partial charge in [0.1, 0.15) is 6.26 Å². The van der Waals surface area contributed by atoms with Gasteiger partial charge in [-0.05, 0) is 49.7 Å². The molecule has 0 aliphatic carbocycles. The molecule has 3 heterocycles. The van der Waals surface area contributed by atoms with Crippen LogP contribution in [0, 0.1) is 5.92 Å². The summed E-state index contributed by atoms with van der Waals surface area (Å²) in [5.74, 6) is -0.297. The molecule has 7 heteroatoms. The van der Waals surface area contributed by atoms with Gasteiger partial charge in [-0.1, -0.05) is 6.92 Å². The van der Waals surface area contributed by atoms with Crippen LogP contribution in [-0.2, 0) is 4.79 Å². The first-order chi connectivity index (χ1) is 14.6. The maximum Gasteiger partial charge on any atom is 0.257 e. The van der Waals surface area contributed by atoms with Gasteiger partial charge in [-0.15, -0.1) is 0 Å². The third kappa shape index (κ3) is 4.67. The normalized spacial score (nSPS) is 20.2. The number of furan rings is 1. The molecule has 2 aliphatic heterocycles. The zero-order valence-electron chi connectivity index (χ0n) is 17.5. The lowest BCUT2D eigenvalue weighted by Gasteiger charge is -2.35. The Balaban J connectivity index is 1.31. The van der Waals surface area contributed by atoms with Crippen molar-refractivity contribution in [1.29, 1.82) is 0 Å². The van der Waals surface area contributed by atoms with E-state index in [0.717, 1.165) is 51.3 Å². The maximum absolute atomic E-state index is 12.8. The van der Waals surface area contributed by atoms with Gasteiger partial charge in [0, 0.05) is 50.6 Å². The number of carbonyl (C=O) groups excluding carboxylic acids is 2. The molecular weight excluding hydrogens is 380 g/mol. The summed E-state index contributed by atoms with van der Waals surface area (Å²) in [6.07, 6.45) is 4.57. The molecule has 1 aromatic heterocycles. The number of amides is 2. The van der Waals surface area contributed by atoms with E-state index in [0.29, 0.717) is 18.7 Å². The van der Waals surface area contributed by atoms with E-state index in [4.69, 9.17) is 4.42 Å². The van der Waals surface area contributed by atoms with Crippen LogP contribution in [0.5, 0.6) is 0 Å². The van der Waals surface area contributed by atoms with Gasteiger partial charge in [-0.2, -0.15) is 0 Å². The van der Waals surface area contributed by atoms with Gasteiger partial charge in [-0.25, -0.2) is 0 Å². The van der Waals surface area contributed by atoms with Crippen LogP contribution in [0.15, 0.2) is 47.3 Å². The second kappa shape index (κ2) is 9.34. The number of hydrogen-bond acceptors (Lipinski definition) is 5. The quantitative estimate of drug-likeness (QED) is 0.821. The first-order valence-electron chi connectivity index (χ1n) is 10.8. The molecule has 7 nitrogen and oxygen atoms in total. The maximum atomic E-state index is 12.8. The number of nitrogens with zero attached hydrogens (tertiary/aromatic N) is 3. The van der Waals surface area contributed by atoms with Crippen LogP contribution in [0.2, 0.25) is 0 Å². The smallest absolute Gasteiger partial charge is 0.257 e. The van der Waals surface area contributed by atoms with Crippen LogP contribution >= 0.6 is 0 Å². The number of carbonyl (C=O) groups is 2. The van der Waals surface area contributed by atoms with Crippen molar-refractivity contribution in [2.45, 2.75) is 19.8 Å². The summed E-state index contributed by atoms with van der Waals surface area (Å²) >= 11 is 0. The topological polar surface area (TPSA) is 69.0 Å². The molecular formula is C23H30N4O3. The largest absolute Gasteiger partial charge is 0.472 e. The van der Waals surface area contributed by atoms with E-state index >= 15 is 0 Å². The standard InChI is InChI=1S/C23H30N4O3/c1-2-25-11-13-26(14-12-25)21-7-5-20(6-8-21)24-22(28)18-4-3-10-27(16-18)23(29)19-9-15-30-17-19/h5-9,15,17-18H,2-4,10-14,16H2,1H3,(H,24,28). The van der Waals surface area contributed by atoms with Crippen molar-refractivity contribution in [2.24, 2.45) is 5.92 Å². The molecule has 2 amide bonds. The first-order valence-corrected chi connectivity index (χ1v) is 10.8. The summed E-state index contributed by atoms with van der Waals surface area (Å²) in [6.45, 7) is 8.65. The number of hydrogen-bond donors (Lipinski definition) is 1. The number of piperidine rings is 1. The Morgan fingerprint density at radius 2 is 1.83 bits per heavy atom. The van der Waals surface area contributed by atoms with E-state index < -0.39 is 0 Å². The zero-order valence-corrected chi connectivity index (χ0v) is 17.5. The van der Waals surface area contributed by atoms with Crippen LogP contribution in [0.4, 0.5) is 11.4 Å². The van der Waals surface area contributed by atoms with E-state index in [1.54, 1.807) is 11.0 Å². The third-order valence-electron chi connectivity index (χ3n) is 6.17. The number of likely N-dealkylation sites (N-methyl/N-ethyl adjacent to an activating group) is 1. The third-order valence-corrected chi connectivity index (χ3v) is 6.17. The van der Waals surface area contributed by atoms with Gasteiger partial charge in [0.05, 0.1) is 17.7 Å². The second-order valence-electron chi connectivity index (χ2n) is 8.06. The Kier molecular flexibility index (Phi) is 6.38. The monoisotopic (exact) mass is 410 g/mol. The highest BCUT2D eigenvalue weighted by Gasteiger charge is 2.29. The number of likely N-dealkylation sites (tertiary alicyclic amines) is 1. The molecule has 1 atom stereocenters. The summed E-state index contributed by atoms with van der Waals surface area (Å²) in [5.41, 5.74) is 2.53. The molecule has 0 saturated carbocycles. The molecule has 4 rings (SSSR count). The minimum absolute atomic E-state index is 0.0241. The lowest BCUT2D eigenvalue weighted by atomic mass is 9.96. The number of nitrogens with one attached hydrogen (secondary N) is 1. The van der Waals surface area contributed by atoms with E-state index in [1.165, 1.54) is 18.2 Å². The summed E-state index contributed by atoms with van der Waals surface area (Å²) in [6, 6.07) is 9.75. The van der Waals surface area contributed by atoms with E-state index in [1.807, 2.05) is 12.1 Å². The van der Waals surface area contributed by atoms with E-state index in [-0.39, 0.29) is 17.7 Å². The average molecular weight is 411 g/mol. The Hall–Kier alpha value is -2.80. The van der Waals surface area contributed by atoms with Crippen LogP contribution < -0.4 is 10.2 Å². The van der Waals surface area contributed by atoms with Crippen molar-refractivity contribution in [3.63, 3.8) is 0 Å². The van der Waals surface area contributed by atoms with Gasteiger partial charge in [-0.3, -0.25) is 9.59 Å². The number of anilines is 2. The summed E-state index contributed by atoms with van der Waals surface area (Å²) in [7, 11) is 0. The van der Waals surface area contributed by atoms with Gasteiger partial charge in [0.2, 0.25) is 5.91 Å². The molecule has 2 aromatic rings. The van der Waals surface area contributed by atoms with Crippen LogP contribution in [0.3, 0.4) is 0 Å². The Morgan fingerprint density at radius 3 is 2.50 bits per heavy atom. The summed E-state index contributed by atoms with van der Waals surface area (Å²) in [5, 5.41) is 3.03. The Bertz CT molecular complexity index is 842. The minimum Gasteiger partial charge on any atom is -0.472 e. The fourth-order valence-electron chi connectivity index (χ4n) is 4.27. The zero-order chi connectivity index (χ0) is 20.9. The molecule has 1 aromatic carbocycles. The molecule has 30 heavy (non-hydrogen) atoms. The minimum atomic E-state index is -0.198. The van der Waals surface area contributed by atoms with E-state index in [2.05, 4.69) is 34.2 Å². The van der Waals surface area contributed by atoms with Crippen molar-refractivity contribution in [3.05, 3.63) is 48.4 Å². The van der Waals surface area contributed by atoms with Crippen molar-refractivity contribution < 1.29 is 14.0 Å². The fraction of sp³-hybridized carbons (Fsp3) is 0.478. The van der Waals surface area contributed by atoms with Crippen molar-refractivity contribution in [1.82, 2.24) is 9.80 Å². The molecule has 0 radical (unpaired) electrons. The molecule has 0 bridgehead atoms. The van der Waals surface area contributed by atoms with Crippen LogP contribution in [0.25, 0.3) is 0 Å². The Morgan fingerprint density at radius 1 is 1.07 bits per heavy atom. The van der Waals surface area contributed by atoms with Gasteiger partial charge in [0.25, 0.3) is 5.91 Å². The number of piperazine rings is 1. The van der Waals surface area contributed by atoms with Gasteiger partial charge < -0.3 is 24.4 Å². The van der Waals surface area contributed by atoms with E-state index in [9.17, 15) is 9.59 Å².